The maximum atomic E-state index is 10.1. The molecule has 2 heterocycles. The standard InChI is InChI=1S/C60H40N2/c1-4-16-41(17-5-1)44-22-14-24-49(36-44)61-57-29-13-12-28-53(57)55-38-46(31-34-58(55)61)47-32-35-59-56(39-47)54-33-30-48(52-27-11-10-26-51(52)43-20-8-3-9-21-43)40-60(54)62(59)50-25-15-23-45(37-50)42-18-6-2-7-19-42/h1-40H/i32D,35D,39D. The Morgan fingerprint density at radius 1 is 0.258 bits per heavy atom. The summed E-state index contributed by atoms with van der Waals surface area (Å²) in [6.45, 7) is 0. The van der Waals surface area contributed by atoms with Crippen molar-refractivity contribution in [1.82, 2.24) is 9.13 Å². The molecule has 0 atom stereocenters. The van der Waals surface area contributed by atoms with E-state index >= 15 is 0 Å². The molecule has 0 N–H and O–H groups in total. The van der Waals surface area contributed by atoms with Crippen LogP contribution in [0.3, 0.4) is 0 Å². The Morgan fingerprint density at radius 3 is 1.44 bits per heavy atom. The maximum Gasteiger partial charge on any atom is 0.0645 e. The second-order valence-corrected chi connectivity index (χ2v) is 15.9. The summed E-state index contributed by atoms with van der Waals surface area (Å²) in [5.41, 5.74) is 15.4. The predicted octanol–water partition coefficient (Wildman–Crippen LogP) is 16.2. The molecule has 0 saturated carbocycles. The fraction of sp³-hybridized carbons (Fsp3) is 0. The van der Waals surface area contributed by atoms with Crippen LogP contribution in [0.2, 0.25) is 0 Å². The highest BCUT2D eigenvalue weighted by atomic mass is 15.0. The monoisotopic (exact) mass is 791 g/mol. The highest BCUT2D eigenvalue weighted by molar-refractivity contribution is 6.13. The SMILES string of the molecule is [2H]c1c(-c2ccc3c(c2)c2ccccc2n3-c2cccc(-c3ccccc3)c2)c([2H])c2c3ccc(-c4ccccc4-c4ccccc4)cc3n(-c3cccc(-c4ccccc4)c3)c2c1[2H]. The number of nitrogens with zero attached hydrogens (tertiary/aromatic N) is 2. The van der Waals surface area contributed by atoms with Gasteiger partial charge in [-0.3, -0.25) is 0 Å². The average Bonchev–Trinajstić information content (AvgIpc) is 3.90. The average molecular weight is 792 g/mol. The molecular formula is C60H40N2. The molecule has 2 aromatic heterocycles. The van der Waals surface area contributed by atoms with Crippen molar-refractivity contribution in [3.63, 3.8) is 0 Å². The molecule has 62 heavy (non-hydrogen) atoms. The van der Waals surface area contributed by atoms with Crippen molar-refractivity contribution in [3.05, 3.63) is 243 Å². The van der Waals surface area contributed by atoms with Gasteiger partial charge in [0.25, 0.3) is 0 Å². The molecule has 0 spiro atoms. The Labute approximate surface area is 365 Å². The van der Waals surface area contributed by atoms with Gasteiger partial charge in [0.2, 0.25) is 0 Å². The van der Waals surface area contributed by atoms with E-state index in [1.807, 2.05) is 36.4 Å². The molecule has 0 aliphatic carbocycles. The number of hydrogen-bond acceptors (Lipinski definition) is 0. The lowest BCUT2D eigenvalue weighted by Crippen LogP contribution is -1.95. The second-order valence-electron chi connectivity index (χ2n) is 15.9. The first-order chi connectivity index (χ1) is 32.0. The molecule has 10 aromatic carbocycles. The van der Waals surface area contributed by atoms with E-state index in [2.05, 4.69) is 197 Å². The van der Waals surface area contributed by atoms with Gasteiger partial charge in [-0.25, -0.2) is 0 Å². The van der Waals surface area contributed by atoms with Crippen LogP contribution in [0.5, 0.6) is 0 Å². The molecule has 0 fully saturated rings. The van der Waals surface area contributed by atoms with E-state index in [4.69, 9.17) is 0 Å². The first-order valence-electron chi connectivity index (χ1n) is 22.6. The Morgan fingerprint density at radius 2 is 0.758 bits per heavy atom. The number of rotatable bonds is 7. The van der Waals surface area contributed by atoms with Crippen LogP contribution < -0.4 is 0 Å². The Hall–Kier alpha value is -8.20. The van der Waals surface area contributed by atoms with Crippen LogP contribution in [0.4, 0.5) is 0 Å². The van der Waals surface area contributed by atoms with Crippen LogP contribution in [0, 0.1) is 0 Å². The van der Waals surface area contributed by atoms with Crippen molar-refractivity contribution in [2.24, 2.45) is 0 Å². The summed E-state index contributed by atoms with van der Waals surface area (Å²) in [6, 6.07) is 78.1. The van der Waals surface area contributed by atoms with Gasteiger partial charge >= 0.3 is 0 Å². The molecule has 290 valence electrons. The third-order valence-corrected chi connectivity index (χ3v) is 12.2. The van der Waals surface area contributed by atoms with Gasteiger partial charge in [-0.05, 0) is 116 Å². The van der Waals surface area contributed by atoms with Crippen molar-refractivity contribution >= 4 is 43.6 Å². The van der Waals surface area contributed by atoms with E-state index in [0.717, 1.165) is 94.2 Å². The Kier molecular flexibility index (Phi) is 7.79. The van der Waals surface area contributed by atoms with Gasteiger partial charge in [-0.1, -0.05) is 182 Å². The third-order valence-electron chi connectivity index (χ3n) is 12.2. The fourth-order valence-electron chi connectivity index (χ4n) is 9.31. The Bertz CT molecular complexity index is 3790. The summed E-state index contributed by atoms with van der Waals surface area (Å²) in [4.78, 5) is 0. The van der Waals surface area contributed by atoms with Crippen molar-refractivity contribution in [3.8, 4) is 67.0 Å². The van der Waals surface area contributed by atoms with Crippen LogP contribution >= 0.6 is 0 Å². The number of benzene rings is 10. The highest BCUT2D eigenvalue weighted by Crippen LogP contribution is 2.41. The van der Waals surface area contributed by atoms with Crippen LogP contribution in [0.15, 0.2) is 243 Å². The molecular weight excluding hydrogens is 749 g/mol. The van der Waals surface area contributed by atoms with Crippen molar-refractivity contribution in [1.29, 1.82) is 0 Å². The minimum Gasteiger partial charge on any atom is -0.309 e. The topological polar surface area (TPSA) is 9.86 Å². The molecule has 0 aliphatic rings. The summed E-state index contributed by atoms with van der Waals surface area (Å²) in [7, 11) is 0. The van der Waals surface area contributed by atoms with E-state index in [9.17, 15) is 4.11 Å². The number of fused-ring (bicyclic) bond motifs is 6. The van der Waals surface area contributed by atoms with Gasteiger partial charge in [0.05, 0.1) is 26.2 Å². The zero-order chi connectivity index (χ0) is 43.6. The van der Waals surface area contributed by atoms with E-state index in [1.165, 1.54) is 0 Å². The number of aromatic nitrogens is 2. The summed E-state index contributed by atoms with van der Waals surface area (Å²) in [5, 5.41) is 3.62. The molecule has 0 bridgehead atoms. The van der Waals surface area contributed by atoms with E-state index in [1.54, 1.807) is 0 Å². The van der Waals surface area contributed by atoms with Gasteiger partial charge in [0.15, 0.2) is 0 Å². The number of hydrogen-bond donors (Lipinski definition) is 0. The fourth-order valence-corrected chi connectivity index (χ4v) is 9.31. The van der Waals surface area contributed by atoms with E-state index in [0.29, 0.717) is 16.5 Å². The molecule has 0 amide bonds. The van der Waals surface area contributed by atoms with Gasteiger partial charge in [0, 0.05) is 32.9 Å². The normalized spacial score (nSPS) is 12.2. The molecule has 2 nitrogen and oxygen atoms in total. The molecule has 0 radical (unpaired) electrons. The first kappa shape index (κ1) is 32.6. The maximum absolute atomic E-state index is 10.1. The summed E-state index contributed by atoms with van der Waals surface area (Å²) in [5.74, 6) is 0. The molecule has 0 aliphatic heterocycles. The molecule has 12 aromatic rings. The Balaban J connectivity index is 1.09. The lowest BCUT2D eigenvalue weighted by molar-refractivity contribution is 1.18. The van der Waals surface area contributed by atoms with E-state index < -0.39 is 0 Å². The summed E-state index contributed by atoms with van der Waals surface area (Å²) in [6.07, 6.45) is 0. The highest BCUT2D eigenvalue weighted by Gasteiger charge is 2.18. The lowest BCUT2D eigenvalue weighted by Gasteiger charge is -2.13. The van der Waals surface area contributed by atoms with Crippen LogP contribution in [-0.2, 0) is 0 Å². The van der Waals surface area contributed by atoms with Gasteiger partial charge in [0.1, 0.15) is 0 Å². The van der Waals surface area contributed by atoms with Gasteiger partial charge in [-0.2, -0.15) is 0 Å². The molecule has 0 unspecified atom stereocenters. The second kappa shape index (κ2) is 14.8. The zero-order valence-corrected chi connectivity index (χ0v) is 33.8. The number of para-hydroxylation sites is 1. The quantitative estimate of drug-likeness (QED) is 0.152. The molecule has 2 heteroatoms. The third kappa shape index (κ3) is 6.04. The summed E-state index contributed by atoms with van der Waals surface area (Å²) >= 11 is 0. The lowest BCUT2D eigenvalue weighted by atomic mass is 9.94. The summed E-state index contributed by atoms with van der Waals surface area (Å²) < 4.78 is 34.2. The van der Waals surface area contributed by atoms with Crippen LogP contribution in [-0.4, -0.2) is 9.13 Å². The molecule has 0 saturated heterocycles. The van der Waals surface area contributed by atoms with Gasteiger partial charge in [-0.15, -0.1) is 0 Å². The van der Waals surface area contributed by atoms with Crippen molar-refractivity contribution < 1.29 is 4.11 Å². The van der Waals surface area contributed by atoms with Crippen LogP contribution in [0.1, 0.15) is 4.11 Å². The first-order valence-corrected chi connectivity index (χ1v) is 21.1. The molecule has 12 rings (SSSR count). The predicted molar refractivity (Wildman–Crippen MR) is 262 cm³/mol. The smallest absolute Gasteiger partial charge is 0.0645 e. The largest absolute Gasteiger partial charge is 0.309 e. The minimum atomic E-state index is 0.0269. The van der Waals surface area contributed by atoms with Crippen molar-refractivity contribution in [2.45, 2.75) is 0 Å². The zero-order valence-electron chi connectivity index (χ0n) is 36.8. The van der Waals surface area contributed by atoms with Crippen LogP contribution in [0.25, 0.3) is 111 Å². The van der Waals surface area contributed by atoms with Crippen molar-refractivity contribution in [2.75, 3.05) is 0 Å². The van der Waals surface area contributed by atoms with Gasteiger partial charge < -0.3 is 9.13 Å². The minimum absolute atomic E-state index is 0.0269. The van der Waals surface area contributed by atoms with E-state index in [-0.39, 0.29) is 18.1 Å².